The van der Waals surface area contributed by atoms with Crippen molar-refractivity contribution < 1.29 is 0 Å². The average molecular weight is 266 g/mol. The van der Waals surface area contributed by atoms with Gasteiger partial charge in [0.15, 0.2) is 0 Å². The zero-order valence-corrected chi connectivity index (χ0v) is 13.5. The summed E-state index contributed by atoms with van der Waals surface area (Å²) in [4.78, 5) is 2.51. The van der Waals surface area contributed by atoms with E-state index in [4.69, 9.17) is 0 Å². The summed E-state index contributed by atoms with van der Waals surface area (Å²) in [6, 6.07) is 1.48. The molecule has 2 heteroatoms. The molecule has 5 atom stereocenters. The lowest BCUT2D eigenvalue weighted by Gasteiger charge is -2.40. The van der Waals surface area contributed by atoms with E-state index in [9.17, 15) is 0 Å². The molecule has 1 saturated carbocycles. The maximum absolute atomic E-state index is 3.86. The van der Waals surface area contributed by atoms with E-state index in [0.29, 0.717) is 0 Å². The lowest BCUT2D eigenvalue weighted by atomic mass is 9.81. The highest BCUT2D eigenvalue weighted by molar-refractivity contribution is 4.86. The van der Waals surface area contributed by atoms with Crippen molar-refractivity contribution in [1.82, 2.24) is 10.2 Å². The van der Waals surface area contributed by atoms with Crippen molar-refractivity contribution in [2.24, 2.45) is 17.8 Å². The van der Waals surface area contributed by atoms with Gasteiger partial charge in [0, 0.05) is 18.6 Å². The van der Waals surface area contributed by atoms with Crippen molar-refractivity contribution in [2.75, 3.05) is 20.1 Å². The molecular weight excluding hydrogens is 232 g/mol. The van der Waals surface area contributed by atoms with Crippen LogP contribution < -0.4 is 5.32 Å². The summed E-state index contributed by atoms with van der Waals surface area (Å²) in [5, 5.41) is 3.86. The molecule has 1 N–H and O–H groups in total. The Labute approximate surface area is 120 Å². The predicted octanol–water partition coefficient (Wildman–Crippen LogP) is 3.52. The second-order valence-corrected chi connectivity index (χ2v) is 7.49. The van der Waals surface area contributed by atoms with Gasteiger partial charge >= 0.3 is 0 Å². The Morgan fingerprint density at radius 1 is 1.11 bits per heavy atom. The van der Waals surface area contributed by atoms with Crippen molar-refractivity contribution in [3.63, 3.8) is 0 Å². The van der Waals surface area contributed by atoms with Crippen LogP contribution in [0.5, 0.6) is 0 Å². The number of rotatable bonds is 4. The van der Waals surface area contributed by atoms with Gasteiger partial charge in [0.2, 0.25) is 0 Å². The largest absolute Gasteiger partial charge is 0.314 e. The molecule has 112 valence electrons. The third-order valence-electron chi connectivity index (χ3n) is 5.61. The molecule has 1 aliphatic carbocycles. The van der Waals surface area contributed by atoms with Crippen LogP contribution >= 0.6 is 0 Å². The van der Waals surface area contributed by atoms with Crippen LogP contribution in [0.15, 0.2) is 0 Å². The van der Waals surface area contributed by atoms with E-state index < -0.39 is 0 Å². The summed E-state index contributed by atoms with van der Waals surface area (Å²) in [7, 11) is 2.26. The average Bonchev–Trinajstić information content (AvgIpc) is 2.35. The number of nitrogens with one attached hydrogen (secondary N) is 1. The first-order chi connectivity index (χ1) is 9.06. The second-order valence-electron chi connectivity index (χ2n) is 7.49. The monoisotopic (exact) mass is 266 g/mol. The van der Waals surface area contributed by atoms with Crippen LogP contribution in [0.1, 0.15) is 59.3 Å². The van der Waals surface area contributed by atoms with E-state index in [-0.39, 0.29) is 0 Å². The normalized spacial score (nSPS) is 41.4. The van der Waals surface area contributed by atoms with E-state index in [1.165, 1.54) is 51.6 Å². The molecule has 0 spiro atoms. The highest BCUT2D eigenvalue weighted by Gasteiger charge is 2.28. The third-order valence-corrected chi connectivity index (χ3v) is 5.61. The molecule has 0 radical (unpaired) electrons. The van der Waals surface area contributed by atoms with E-state index in [0.717, 1.165) is 29.8 Å². The van der Waals surface area contributed by atoms with Gasteiger partial charge in [-0.25, -0.2) is 0 Å². The summed E-state index contributed by atoms with van der Waals surface area (Å²) in [6.45, 7) is 9.69. The first kappa shape index (κ1) is 15.3. The molecule has 2 fully saturated rings. The van der Waals surface area contributed by atoms with Crippen LogP contribution in [0.25, 0.3) is 0 Å². The standard InChI is InChI=1S/C17H34N2/c1-13-6-5-7-16(10-13)8-9-18-17-11-15(3)19(4)12-14(17)2/h13-18H,5-12H2,1-4H3. The van der Waals surface area contributed by atoms with Gasteiger partial charge in [0.1, 0.15) is 0 Å². The molecular formula is C17H34N2. The van der Waals surface area contributed by atoms with Crippen LogP contribution in [0.2, 0.25) is 0 Å². The molecule has 0 aromatic rings. The fourth-order valence-electron chi connectivity index (χ4n) is 4.12. The number of hydrogen-bond acceptors (Lipinski definition) is 2. The first-order valence-corrected chi connectivity index (χ1v) is 8.50. The molecule has 0 aromatic carbocycles. The summed E-state index contributed by atoms with van der Waals surface area (Å²) in [6.07, 6.45) is 8.60. The Morgan fingerprint density at radius 3 is 2.63 bits per heavy atom. The van der Waals surface area contributed by atoms with Crippen LogP contribution in [-0.2, 0) is 0 Å². The highest BCUT2D eigenvalue weighted by atomic mass is 15.2. The minimum atomic E-state index is 0.739. The quantitative estimate of drug-likeness (QED) is 0.837. The maximum atomic E-state index is 3.86. The Morgan fingerprint density at radius 2 is 1.89 bits per heavy atom. The molecule has 5 unspecified atom stereocenters. The van der Waals surface area contributed by atoms with Gasteiger partial charge in [-0.2, -0.15) is 0 Å². The topological polar surface area (TPSA) is 15.3 Å². The molecule has 1 saturated heterocycles. The SMILES string of the molecule is CC1CCCC(CCNC2CC(C)N(C)CC2C)C1. The molecule has 2 rings (SSSR count). The Kier molecular flexibility index (Phi) is 5.70. The van der Waals surface area contributed by atoms with Crippen molar-refractivity contribution in [2.45, 2.75) is 71.4 Å². The zero-order chi connectivity index (χ0) is 13.8. The minimum absolute atomic E-state index is 0.739. The van der Waals surface area contributed by atoms with Gasteiger partial charge in [-0.15, -0.1) is 0 Å². The van der Waals surface area contributed by atoms with E-state index >= 15 is 0 Å². The summed E-state index contributed by atoms with van der Waals surface area (Å²) >= 11 is 0. The molecule has 0 amide bonds. The highest BCUT2D eigenvalue weighted by Crippen LogP contribution is 2.30. The molecule has 1 aliphatic heterocycles. The summed E-state index contributed by atoms with van der Waals surface area (Å²) in [5.74, 6) is 2.77. The zero-order valence-electron chi connectivity index (χ0n) is 13.5. The molecule has 1 heterocycles. The molecule has 0 aromatic heterocycles. The van der Waals surface area contributed by atoms with Crippen LogP contribution in [0.4, 0.5) is 0 Å². The second kappa shape index (κ2) is 7.08. The number of likely N-dealkylation sites (tertiary alicyclic amines) is 1. The van der Waals surface area contributed by atoms with Gasteiger partial charge in [0.25, 0.3) is 0 Å². The maximum Gasteiger partial charge on any atom is 0.0120 e. The number of hydrogen-bond donors (Lipinski definition) is 1. The first-order valence-electron chi connectivity index (χ1n) is 8.50. The number of piperidine rings is 1. The molecule has 0 bridgehead atoms. The van der Waals surface area contributed by atoms with Crippen molar-refractivity contribution in [3.05, 3.63) is 0 Å². The van der Waals surface area contributed by atoms with Gasteiger partial charge in [-0.05, 0) is 57.5 Å². The lowest BCUT2D eigenvalue weighted by molar-refractivity contribution is 0.120. The van der Waals surface area contributed by atoms with E-state index in [1.54, 1.807) is 0 Å². The van der Waals surface area contributed by atoms with Gasteiger partial charge in [0.05, 0.1) is 0 Å². The van der Waals surface area contributed by atoms with E-state index in [1.807, 2.05) is 0 Å². The molecule has 2 aliphatic rings. The Bertz CT molecular complexity index is 266. The molecule has 2 nitrogen and oxygen atoms in total. The smallest absolute Gasteiger partial charge is 0.0120 e. The summed E-state index contributed by atoms with van der Waals surface area (Å²) < 4.78 is 0. The molecule has 19 heavy (non-hydrogen) atoms. The van der Waals surface area contributed by atoms with Crippen LogP contribution in [-0.4, -0.2) is 37.1 Å². The summed E-state index contributed by atoms with van der Waals surface area (Å²) in [5.41, 5.74) is 0. The van der Waals surface area contributed by atoms with Gasteiger partial charge in [-0.1, -0.05) is 33.1 Å². The minimum Gasteiger partial charge on any atom is -0.314 e. The fourth-order valence-corrected chi connectivity index (χ4v) is 4.12. The Balaban J connectivity index is 1.67. The predicted molar refractivity (Wildman–Crippen MR) is 83.4 cm³/mol. The van der Waals surface area contributed by atoms with E-state index in [2.05, 4.69) is 38.0 Å². The van der Waals surface area contributed by atoms with Crippen LogP contribution in [0.3, 0.4) is 0 Å². The lowest BCUT2D eigenvalue weighted by Crippen LogP contribution is -2.51. The number of nitrogens with zero attached hydrogens (tertiary/aromatic N) is 1. The van der Waals surface area contributed by atoms with Gasteiger partial charge in [-0.3, -0.25) is 0 Å². The van der Waals surface area contributed by atoms with Crippen molar-refractivity contribution in [1.29, 1.82) is 0 Å². The van der Waals surface area contributed by atoms with Crippen LogP contribution in [0, 0.1) is 17.8 Å². The Hall–Kier alpha value is -0.0800. The van der Waals surface area contributed by atoms with Gasteiger partial charge < -0.3 is 10.2 Å². The fraction of sp³-hybridized carbons (Fsp3) is 1.00. The third kappa shape index (κ3) is 4.46. The van der Waals surface area contributed by atoms with Crippen molar-refractivity contribution >= 4 is 0 Å². The van der Waals surface area contributed by atoms with Crippen molar-refractivity contribution in [3.8, 4) is 0 Å².